The standard InChI is InChI=1S/C37H74/c1-3-5-7-9-11-13-15-17-19-21-23-25-27-29-31-33-35-37-36-34-32-30-28-26-24-22-20-18-16-14-12-10-8-6-4-2/h17,19H,3-16,18,20-37H2,1-2H3. The number of hydrogen-bond acceptors (Lipinski definition) is 0. The minimum atomic E-state index is 1.31. The molecule has 0 spiro atoms. The van der Waals surface area contributed by atoms with Crippen molar-refractivity contribution in [2.24, 2.45) is 0 Å². The zero-order valence-corrected chi connectivity index (χ0v) is 26.5. The molecule has 0 atom stereocenters. The summed E-state index contributed by atoms with van der Waals surface area (Å²) < 4.78 is 0. The van der Waals surface area contributed by atoms with E-state index in [0.717, 1.165) is 0 Å². The van der Waals surface area contributed by atoms with Crippen LogP contribution in [0.1, 0.15) is 226 Å². The fourth-order valence-electron chi connectivity index (χ4n) is 5.68. The van der Waals surface area contributed by atoms with Gasteiger partial charge in [0.1, 0.15) is 0 Å². The summed E-state index contributed by atoms with van der Waals surface area (Å²) in [6.07, 6.45) is 52.9. The normalized spacial score (nSPS) is 11.7. The molecule has 0 heteroatoms. The van der Waals surface area contributed by atoms with E-state index in [2.05, 4.69) is 26.0 Å². The molecule has 0 radical (unpaired) electrons. The molecular weight excluding hydrogens is 444 g/mol. The second kappa shape index (κ2) is 35.7. The first-order chi connectivity index (χ1) is 18.4. The molecule has 222 valence electrons. The summed E-state index contributed by atoms with van der Waals surface area (Å²) in [6, 6.07) is 0. The second-order valence-electron chi connectivity index (χ2n) is 12.3. The Bertz CT molecular complexity index is 395. The van der Waals surface area contributed by atoms with E-state index in [9.17, 15) is 0 Å². The van der Waals surface area contributed by atoms with Gasteiger partial charge in [-0.05, 0) is 25.7 Å². The molecule has 0 saturated carbocycles. The Balaban J connectivity index is 3.05. The molecule has 0 aliphatic carbocycles. The van der Waals surface area contributed by atoms with Gasteiger partial charge in [0.2, 0.25) is 0 Å². The van der Waals surface area contributed by atoms with Gasteiger partial charge in [-0.3, -0.25) is 0 Å². The lowest BCUT2D eigenvalue weighted by molar-refractivity contribution is 0.516. The summed E-state index contributed by atoms with van der Waals surface area (Å²) in [5.74, 6) is 0. The average Bonchev–Trinajstić information content (AvgIpc) is 2.91. The third kappa shape index (κ3) is 35.7. The molecule has 0 aromatic carbocycles. The fourth-order valence-corrected chi connectivity index (χ4v) is 5.68. The lowest BCUT2D eigenvalue weighted by Gasteiger charge is -2.04. The van der Waals surface area contributed by atoms with Crippen LogP contribution in [0.4, 0.5) is 0 Å². The Labute approximate surface area is 237 Å². The summed E-state index contributed by atoms with van der Waals surface area (Å²) in [6.45, 7) is 4.61. The molecule has 0 amide bonds. The van der Waals surface area contributed by atoms with Crippen molar-refractivity contribution in [3.8, 4) is 0 Å². The molecule has 0 nitrogen and oxygen atoms in total. The molecule has 0 bridgehead atoms. The van der Waals surface area contributed by atoms with E-state index in [0.29, 0.717) is 0 Å². The number of rotatable bonds is 33. The maximum atomic E-state index is 2.45. The highest BCUT2D eigenvalue weighted by Crippen LogP contribution is 2.16. The van der Waals surface area contributed by atoms with Gasteiger partial charge in [-0.1, -0.05) is 212 Å². The number of unbranched alkanes of at least 4 members (excludes halogenated alkanes) is 31. The van der Waals surface area contributed by atoms with E-state index in [4.69, 9.17) is 0 Å². The molecule has 0 unspecified atom stereocenters. The lowest BCUT2D eigenvalue weighted by atomic mass is 10.0. The van der Waals surface area contributed by atoms with Gasteiger partial charge in [-0.25, -0.2) is 0 Å². The highest BCUT2D eigenvalue weighted by molar-refractivity contribution is 4.81. The van der Waals surface area contributed by atoms with Gasteiger partial charge in [0.05, 0.1) is 0 Å². The second-order valence-corrected chi connectivity index (χ2v) is 12.3. The molecule has 0 aromatic rings. The molecule has 37 heavy (non-hydrogen) atoms. The van der Waals surface area contributed by atoms with Gasteiger partial charge < -0.3 is 0 Å². The van der Waals surface area contributed by atoms with Gasteiger partial charge in [0.15, 0.2) is 0 Å². The van der Waals surface area contributed by atoms with Crippen molar-refractivity contribution in [1.82, 2.24) is 0 Å². The van der Waals surface area contributed by atoms with Crippen molar-refractivity contribution in [2.45, 2.75) is 226 Å². The largest absolute Gasteiger partial charge is 0.0885 e. The minimum absolute atomic E-state index is 1.31. The molecule has 0 heterocycles. The van der Waals surface area contributed by atoms with E-state index in [1.165, 1.54) is 212 Å². The van der Waals surface area contributed by atoms with E-state index in [-0.39, 0.29) is 0 Å². The molecule has 0 N–H and O–H groups in total. The first kappa shape index (κ1) is 36.7. The monoisotopic (exact) mass is 519 g/mol. The van der Waals surface area contributed by atoms with Gasteiger partial charge in [0, 0.05) is 0 Å². The predicted molar refractivity (Wildman–Crippen MR) is 173 cm³/mol. The number of allylic oxidation sites excluding steroid dienone is 2. The Kier molecular flexibility index (Phi) is 35.5. The van der Waals surface area contributed by atoms with Crippen molar-refractivity contribution < 1.29 is 0 Å². The van der Waals surface area contributed by atoms with Crippen LogP contribution in [0.3, 0.4) is 0 Å². The van der Waals surface area contributed by atoms with Crippen LogP contribution in [0, 0.1) is 0 Å². The maximum absolute atomic E-state index is 2.45. The van der Waals surface area contributed by atoms with E-state index < -0.39 is 0 Å². The van der Waals surface area contributed by atoms with Crippen molar-refractivity contribution in [1.29, 1.82) is 0 Å². The van der Waals surface area contributed by atoms with E-state index >= 15 is 0 Å². The number of hydrogen-bond donors (Lipinski definition) is 0. The van der Waals surface area contributed by atoms with Crippen LogP contribution in [-0.4, -0.2) is 0 Å². The first-order valence-corrected chi connectivity index (χ1v) is 18.1. The molecule has 0 aliphatic heterocycles. The first-order valence-electron chi connectivity index (χ1n) is 18.1. The predicted octanol–water partition coefficient (Wildman–Crippen LogP) is 14.5. The Morgan fingerprint density at radius 1 is 0.216 bits per heavy atom. The van der Waals surface area contributed by atoms with Gasteiger partial charge >= 0.3 is 0 Å². The third-order valence-corrected chi connectivity index (χ3v) is 8.37. The lowest BCUT2D eigenvalue weighted by Crippen LogP contribution is -1.84. The summed E-state index contributed by atoms with van der Waals surface area (Å²) in [7, 11) is 0. The molecule has 0 aromatic heterocycles. The molecule has 0 fully saturated rings. The van der Waals surface area contributed by atoms with Crippen molar-refractivity contribution in [3.63, 3.8) is 0 Å². The van der Waals surface area contributed by atoms with Crippen LogP contribution in [0.5, 0.6) is 0 Å². The molecular formula is C37H74. The average molecular weight is 519 g/mol. The van der Waals surface area contributed by atoms with E-state index in [1.54, 1.807) is 0 Å². The molecule has 0 rings (SSSR count). The minimum Gasteiger partial charge on any atom is -0.0885 e. The van der Waals surface area contributed by atoms with Gasteiger partial charge in [0.25, 0.3) is 0 Å². The zero-order chi connectivity index (χ0) is 26.7. The Hall–Kier alpha value is -0.260. The quantitative estimate of drug-likeness (QED) is 0.0598. The van der Waals surface area contributed by atoms with Crippen LogP contribution < -0.4 is 0 Å². The Morgan fingerprint density at radius 2 is 0.378 bits per heavy atom. The maximum Gasteiger partial charge on any atom is -0.0351 e. The smallest absolute Gasteiger partial charge is 0.0351 e. The van der Waals surface area contributed by atoms with Crippen LogP contribution >= 0.6 is 0 Å². The summed E-state index contributed by atoms with van der Waals surface area (Å²) in [5.41, 5.74) is 0. The third-order valence-electron chi connectivity index (χ3n) is 8.37. The summed E-state index contributed by atoms with van der Waals surface area (Å²) >= 11 is 0. The van der Waals surface area contributed by atoms with Crippen LogP contribution in [0.2, 0.25) is 0 Å². The summed E-state index contributed by atoms with van der Waals surface area (Å²) in [5, 5.41) is 0. The Morgan fingerprint density at radius 3 is 0.568 bits per heavy atom. The zero-order valence-electron chi connectivity index (χ0n) is 26.5. The van der Waals surface area contributed by atoms with Gasteiger partial charge in [-0.15, -0.1) is 0 Å². The van der Waals surface area contributed by atoms with Gasteiger partial charge in [-0.2, -0.15) is 0 Å². The topological polar surface area (TPSA) is 0 Å². The summed E-state index contributed by atoms with van der Waals surface area (Å²) in [4.78, 5) is 0. The van der Waals surface area contributed by atoms with Crippen molar-refractivity contribution in [3.05, 3.63) is 12.2 Å². The van der Waals surface area contributed by atoms with E-state index in [1.807, 2.05) is 0 Å². The molecule has 0 aliphatic rings. The highest BCUT2D eigenvalue weighted by Gasteiger charge is 1.96. The highest BCUT2D eigenvalue weighted by atomic mass is 14.0. The molecule has 0 saturated heterocycles. The van der Waals surface area contributed by atoms with Crippen molar-refractivity contribution >= 4 is 0 Å². The van der Waals surface area contributed by atoms with Crippen molar-refractivity contribution in [2.75, 3.05) is 0 Å². The van der Waals surface area contributed by atoms with Crippen LogP contribution in [-0.2, 0) is 0 Å². The fraction of sp³-hybridized carbons (Fsp3) is 0.946. The van der Waals surface area contributed by atoms with Crippen LogP contribution in [0.25, 0.3) is 0 Å². The SMILES string of the molecule is CCCCCCCCC=CCCCCCCCCCCCCCCCCCCCCCCCCCCC. The van der Waals surface area contributed by atoms with Crippen LogP contribution in [0.15, 0.2) is 12.2 Å².